The quantitative estimate of drug-likeness (QED) is 0.894. The molecule has 0 aliphatic heterocycles. The molecule has 19 heavy (non-hydrogen) atoms. The minimum absolute atomic E-state index is 0.157. The molecule has 0 saturated heterocycles. The predicted octanol–water partition coefficient (Wildman–Crippen LogP) is 1.90. The first-order chi connectivity index (χ1) is 8.90. The number of nitrogens with zero attached hydrogens (tertiary/aromatic N) is 3. The topological polar surface area (TPSA) is 64.2 Å². The van der Waals surface area contributed by atoms with Crippen molar-refractivity contribution in [1.29, 1.82) is 0 Å². The molecule has 2 rings (SSSR count). The molecule has 5 nitrogen and oxygen atoms in total. The highest BCUT2D eigenvalue weighted by Crippen LogP contribution is 2.21. The SMILES string of the molecule is Cc1cc(C)cc(N(C)C(=O)c2cnn(C)c2N)c1. The molecule has 5 heteroatoms. The lowest BCUT2D eigenvalue weighted by Crippen LogP contribution is -2.27. The highest BCUT2D eigenvalue weighted by molar-refractivity contribution is 6.08. The highest BCUT2D eigenvalue weighted by Gasteiger charge is 2.19. The van der Waals surface area contributed by atoms with Gasteiger partial charge in [0.05, 0.1) is 6.20 Å². The minimum Gasteiger partial charge on any atom is -0.383 e. The molecule has 0 spiro atoms. The smallest absolute Gasteiger partial charge is 0.263 e. The summed E-state index contributed by atoms with van der Waals surface area (Å²) in [4.78, 5) is 14.0. The van der Waals surface area contributed by atoms with Gasteiger partial charge in [-0.3, -0.25) is 9.48 Å². The van der Waals surface area contributed by atoms with Crippen molar-refractivity contribution in [1.82, 2.24) is 9.78 Å². The minimum atomic E-state index is -0.157. The van der Waals surface area contributed by atoms with Crippen LogP contribution in [0.5, 0.6) is 0 Å². The summed E-state index contributed by atoms with van der Waals surface area (Å²) in [6.45, 7) is 4.01. The van der Waals surface area contributed by atoms with Crippen LogP contribution in [0.1, 0.15) is 21.5 Å². The lowest BCUT2D eigenvalue weighted by molar-refractivity contribution is 0.0994. The third-order valence-corrected chi connectivity index (χ3v) is 3.11. The van der Waals surface area contributed by atoms with Crippen molar-refractivity contribution in [2.75, 3.05) is 17.7 Å². The summed E-state index contributed by atoms with van der Waals surface area (Å²) in [7, 11) is 3.45. The number of amides is 1. The Morgan fingerprint density at radius 1 is 1.26 bits per heavy atom. The maximum atomic E-state index is 12.4. The van der Waals surface area contributed by atoms with Gasteiger partial charge in [0.15, 0.2) is 0 Å². The van der Waals surface area contributed by atoms with E-state index >= 15 is 0 Å². The second-order valence-electron chi connectivity index (χ2n) is 4.78. The van der Waals surface area contributed by atoms with Gasteiger partial charge in [-0.15, -0.1) is 0 Å². The largest absolute Gasteiger partial charge is 0.383 e. The van der Waals surface area contributed by atoms with E-state index in [-0.39, 0.29) is 5.91 Å². The molecule has 2 aromatic rings. The van der Waals surface area contributed by atoms with Crippen molar-refractivity contribution < 1.29 is 4.79 Å². The average Bonchev–Trinajstić information content (AvgIpc) is 2.67. The first-order valence-electron chi connectivity index (χ1n) is 6.04. The average molecular weight is 258 g/mol. The number of nitrogen functional groups attached to an aromatic ring is 1. The van der Waals surface area contributed by atoms with Gasteiger partial charge in [-0.25, -0.2) is 0 Å². The lowest BCUT2D eigenvalue weighted by atomic mass is 10.1. The fourth-order valence-electron chi connectivity index (χ4n) is 2.05. The molecule has 100 valence electrons. The molecule has 0 bridgehead atoms. The van der Waals surface area contributed by atoms with Crippen LogP contribution in [-0.2, 0) is 7.05 Å². The van der Waals surface area contributed by atoms with Crippen molar-refractivity contribution in [2.45, 2.75) is 13.8 Å². The van der Waals surface area contributed by atoms with Gasteiger partial charge in [0, 0.05) is 19.8 Å². The van der Waals surface area contributed by atoms with Crippen LogP contribution in [-0.4, -0.2) is 22.7 Å². The molecular formula is C14H18N4O. The molecule has 0 fully saturated rings. The highest BCUT2D eigenvalue weighted by atomic mass is 16.2. The van der Waals surface area contributed by atoms with E-state index in [0.29, 0.717) is 11.4 Å². The summed E-state index contributed by atoms with van der Waals surface area (Å²) < 4.78 is 1.49. The molecule has 1 amide bonds. The second kappa shape index (κ2) is 4.76. The molecule has 0 atom stereocenters. The lowest BCUT2D eigenvalue weighted by Gasteiger charge is -2.18. The Hall–Kier alpha value is -2.30. The fraction of sp³-hybridized carbons (Fsp3) is 0.286. The summed E-state index contributed by atoms with van der Waals surface area (Å²) in [5.74, 6) is 0.219. The Morgan fingerprint density at radius 2 is 1.84 bits per heavy atom. The number of hydrogen-bond acceptors (Lipinski definition) is 3. The first kappa shape index (κ1) is 13.1. The standard InChI is InChI=1S/C14H18N4O/c1-9-5-10(2)7-11(6-9)17(3)14(19)12-8-16-18(4)13(12)15/h5-8H,15H2,1-4H3. The summed E-state index contributed by atoms with van der Waals surface area (Å²) in [5.41, 5.74) is 9.34. The van der Waals surface area contributed by atoms with Crippen molar-refractivity contribution >= 4 is 17.4 Å². The maximum Gasteiger partial charge on any atom is 0.263 e. The van der Waals surface area contributed by atoms with Crippen molar-refractivity contribution in [3.05, 3.63) is 41.1 Å². The van der Waals surface area contributed by atoms with E-state index in [2.05, 4.69) is 11.2 Å². The maximum absolute atomic E-state index is 12.4. The van der Waals surface area contributed by atoms with Crippen molar-refractivity contribution in [3.63, 3.8) is 0 Å². The van der Waals surface area contributed by atoms with E-state index in [4.69, 9.17) is 5.73 Å². The van der Waals surface area contributed by atoms with Crippen LogP contribution in [0.3, 0.4) is 0 Å². The number of nitrogens with two attached hydrogens (primary N) is 1. The number of benzene rings is 1. The van der Waals surface area contributed by atoms with E-state index in [1.165, 1.54) is 10.9 Å². The third kappa shape index (κ3) is 2.45. The van der Waals surface area contributed by atoms with Gasteiger partial charge in [-0.2, -0.15) is 5.10 Å². The number of carbonyl (C=O) groups is 1. The third-order valence-electron chi connectivity index (χ3n) is 3.11. The van der Waals surface area contributed by atoms with Gasteiger partial charge in [-0.1, -0.05) is 6.07 Å². The Balaban J connectivity index is 2.36. The Morgan fingerprint density at radius 3 is 2.32 bits per heavy atom. The monoisotopic (exact) mass is 258 g/mol. The molecule has 1 aromatic heterocycles. The Labute approximate surface area is 112 Å². The zero-order valence-corrected chi connectivity index (χ0v) is 11.6. The van der Waals surface area contributed by atoms with Crippen LogP contribution in [0, 0.1) is 13.8 Å². The summed E-state index contributed by atoms with van der Waals surface area (Å²) in [6, 6.07) is 6.01. The molecule has 0 radical (unpaired) electrons. The van der Waals surface area contributed by atoms with Gasteiger partial charge >= 0.3 is 0 Å². The van der Waals surface area contributed by atoms with Crippen molar-refractivity contribution in [2.24, 2.45) is 7.05 Å². The van der Waals surface area contributed by atoms with Crippen LogP contribution < -0.4 is 10.6 Å². The molecule has 2 N–H and O–H groups in total. The van der Waals surface area contributed by atoms with Crippen LogP contribution in [0.25, 0.3) is 0 Å². The van der Waals surface area contributed by atoms with E-state index in [9.17, 15) is 4.79 Å². The molecule has 0 saturated carbocycles. The zero-order valence-electron chi connectivity index (χ0n) is 11.6. The van der Waals surface area contributed by atoms with Crippen LogP contribution in [0.2, 0.25) is 0 Å². The summed E-state index contributed by atoms with van der Waals surface area (Å²) >= 11 is 0. The van der Waals surface area contributed by atoms with Gasteiger partial charge in [0.25, 0.3) is 5.91 Å². The van der Waals surface area contributed by atoms with Gasteiger partial charge in [0.1, 0.15) is 11.4 Å². The number of aromatic nitrogens is 2. The summed E-state index contributed by atoms with van der Waals surface area (Å²) in [5, 5.41) is 3.99. The summed E-state index contributed by atoms with van der Waals surface area (Å²) in [6.07, 6.45) is 1.50. The van der Waals surface area contributed by atoms with E-state index in [1.807, 2.05) is 26.0 Å². The molecule has 0 unspecified atom stereocenters. The zero-order chi connectivity index (χ0) is 14.2. The number of hydrogen-bond donors (Lipinski definition) is 1. The number of rotatable bonds is 2. The molecule has 1 aromatic carbocycles. The normalized spacial score (nSPS) is 10.5. The second-order valence-corrected chi connectivity index (χ2v) is 4.78. The predicted molar refractivity (Wildman–Crippen MR) is 76.3 cm³/mol. The van der Waals surface area contributed by atoms with E-state index in [1.54, 1.807) is 19.0 Å². The number of anilines is 2. The Bertz CT molecular complexity index is 610. The Kier molecular flexibility index (Phi) is 3.29. The molecule has 0 aliphatic carbocycles. The van der Waals surface area contributed by atoms with Crippen molar-refractivity contribution in [3.8, 4) is 0 Å². The van der Waals surface area contributed by atoms with Crippen LogP contribution in [0.4, 0.5) is 11.5 Å². The van der Waals surface area contributed by atoms with Crippen LogP contribution in [0.15, 0.2) is 24.4 Å². The van der Waals surface area contributed by atoms with E-state index < -0.39 is 0 Å². The van der Waals surface area contributed by atoms with Gasteiger partial charge in [-0.05, 0) is 37.1 Å². The number of carbonyl (C=O) groups excluding carboxylic acids is 1. The molecular weight excluding hydrogens is 240 g/mol. The van der Waals surface area contributed by atoms with Gasteiger partial charge < -0.3 is 10.6 Å². The molecule has 1 heterocycles. The number of aryl methyl sites for hydroxylation is 3. The fourth-order valence-corrected chi connectivity index (χ4v) is 2.05. The molecule has 0 aliphatic rings. The van der Waals surface area contributed by atoms with Crippen LogP contribution >= 0.6 is 0 Å². The van der Waals surface area contributed by atoms with Gasteiger partial charge in [0.2, 0.25) is 0 Å². The van der Waals surface area contributed by atoms with E-state index in [0.717, 1.165) is 16.8 Å². The first-order valence-corrected chi connectivity index (χ1v) is 6.04.